The maximum atomic E-state index is 7.68. The molecule has 1 aromatic heterocycles. The van der Waals surface area contributed by atoms with Gasteiger partial charge in [0.2, 0.25) is 5.60 Å². The van der Waals surface area contributed by atoms with Crippen molar-refractivity contribution in [1.29, 1.82) is 0 Å². The van der Waals surface area contributed by atoms with Gasteiger partial charge in [0.15, 0.2) is 17.3 Å². The van der Waals surface area contributed by atoms with E-state index in [1.165, 1.54) is 22.3 Å². The smallest absolute Gasteiger partial charge is 0.212 e. The summed E-state index contributed by atoms with van der Waals surface area (Å²) >= 11 is 0. The zero-order valence-electron chi connectivity index (χ0n) is 31.4. The number of aromatic nitrogens is 2. The second-order valence-corrected chi connectivity index (χ2v) is 15.0. The van der Waals surface area contributed by atoms with E-state index in [0.29, 0.717) is 30.5 Å². The fourth-order valence-corrected chi connectivity index (χ4v) is 8.98. The van der Waals surface area contributed by atoms with Gasteiger partial charge in [-0.1, -0.05) is 105 Å². The van der Waals surface area contributed by atoms with Crippen molar-refractivity contribution >= 4 is 33.4 Å². The maximum absolute atomic E-state index is 7.68. The molecule has 1 aliphatic carbocycles. The maximum Gasteiger partial charge on any atom is 0.212 e. The number of fused-ring (bicyclic) bond motifs is 9. The first-order valence-corrected chi connectivity index (χ1v) is 18.9. The molecule has 7 nitrogen and oxygen atoms in total. The van der Waals surface area contributed by atoms with E-state index in [9.17, 15) is 0 Å². The molecule has 1 saturated heterocycles. The number of methoxy groups -OCH3 is 2. The fraction of sp³-hybridized carbons (Fsp3) is 0.208. The Bertz CT molecular complexity index is 2660. The molecule has 0 radical (unpaired) electrons. The Balaban J connectivity index is 1.27. The van der Waals surface area contributed by atoms with Crippen molar-refractivity contribution in [2.75, 3.05) is 45.4 Å². The zero-order chi connectivity index (χ0) is 37.3. The minimum absolute atomic E-state index is 0.301. The van der Waals surface area contributed by atoms with E-state index < -0.39 is 5.60 Å². The van der Waals surface area contributed by atoms with Crippen molar-refractivity contribution in [1.82, 2.24) is 9.97 Å². The fourth-order valence-electron chi connectivity index (χ4n) is 8.98. The minimum atomic E-state index is -1.19. The third-order valence-corrected chi connectivity index (χ3v) is 11.7. The van der Waals surface area contributed by atoms with Crippen LogP contribution in [0.4, 0.5) is 5.69 Å². The second-order valence-electron chi connectivity index (χ2n) is 15.0. The standard InChI is InChI=1S/C48H41N3O4/c1-47(2)38-16-10-8-14-33(38)42-36-28-40(52-3)41(53-4)29-37(36)45-35(43(42)47)22-23-48(55-45,31-18-20-32(21-19-31)51-24-26-54-27-25-51)46-49-39-17-11-9-15-34(39)44(50-46)30-12-6-5-7-13-30/h5-23,28-29H,24-27H2,1-4H3. The van der Waals surface area contributed by atoms with Crippen molar-refractivity contribution < 1.29 is 18.9 Å². The van der Waals surface area contributed by atoms with E-state index in [1.807, 2.05) is 30.3 Å². The van der Waals surface area contributed by atoms with Gasteiger partial charge in [-0.3, -0.25) is 0 Å². The molecule has 7 aromatic rings. The van der Waals surface area contributed by atoms with Crippen LogP contribution in [0.1, 0.15) is 41.9 Å². The largest absolute Gasteiger partial charge is 0.493 e. The van der Waals surface area contributed by atoms with Gasteiger partial charge in [-0.25, -0.2) is 9.97 Å². The van der Waals surface area contributed by atoms with Crippen LogP contribution in [0.3, 0.4) is 0 Å². The summed E-state index contributed by atoms with van der Waals surface area (Å²) in [5, 5.41) is 2.96. The van der Waals surface area contributed by atoms with Gasteiger partial charge in [0.25, 0.3) is 0 Å². The van der Waals surface area contributed by atoms with Gasteiger partial charge in [0, 0.05) is 51.7 Å². The predicted molar refractivity (Wildman–Crippen MR) is 220 cm³/mol. The summed E-state index contributed by atoms with van der Waals surface area (Å²) < 4.78 is 25.2. The molecule has 0 bridgehead atoms. The topological polar surface area (TPSA) is 65.9 Å². The van der Waals surface area contributed by atoms with Gasteiger partial charge in [0.1, 0.15) is 5.75 Å². The monoisotopic (exact) mass is 723 g/mol. The highest BCUT2D eigenvalue weighted by Gasteiger charge is 2.46. The van der Waals surface area contributed by atoms with Crippen LogP contribution in [-0.2, 0) is 15.8 Å². The molecular formula is C48H41N3O4. The Labute approximate surface area is 320 Å². The first kappa shape index (κ1) is 33.4. The Kier molecular flexibility index (Phi) is 7.72. The number of para-hydroxylation sites is 1. The van der Waals surface area contributed by atoms with Gasteiger partial charge in [-0.05, 0) is 64.0 Å². The second kappa shape index (κ2) is 12.7. The number of hydrogen-bond acceptors (Lipinski definition) is 7. The first-order valence-electron chi connectivity index (χ1n) is 18.9. The molecule has 10 rings (SSSR count). The molecule has 0 spiro atoms. The molecule has 272 valence electrons. The molecule has 0 N–H and O–H groups in total. The molecule has 1 atom stereocenters. The Morgan fingerprint density at radius 3 is 2.16 bits per heavy atom. The summed E-state index contributed by atoms with van der Waals surface area (Å²) in [4.78, 5) is 13.1. The average Bonchev–Trinajstić information content (AvgIpc) is 3.49. The average molecular weight is 724 g/mol. The van der Waals surface area contributed by atoms with Gasteiger partial charge in [-0.15, -0.1) is 0 Å². The van der Waals surface area contributed by atoms with Crippen LogP contribution in [0.15, 0.2) is 121 Å². The van der Waals surface area contributed by atoms with E-state index in [0.717, 1.165) is 68.6 Å². The highest BCUT2D eigenvalue weighted by atomic mass is 16.5. The molecule has 7 heteroatoms. The van der Waals surface area contributed by atoms with Gasteiger partial charge in [-0.2, -0.15) is 0 Å². The Morgan fingerprint density at radius 1 is 0.709 bits per heavy atom. The summed E-state index contributed by atoms with van der Waals surface area (Å²) in [5.41, 5.74) is 9.26. The summed E-state index contributed by atoms with van der Waals surface area (Å²) in [6, 6.07) is 40.1. The van der Waals surface area contributed by atoms with E-state index in [1.54, 1.807) is 14.2 Å². The predicted octanol–water partition coefficient (Wildman–Crippen LogP) is 9.96. The molecule has 0 amide bonds. The molecule has 2 aliphatic heterocycles. The third-order valence-electron chi connectivity index (χ3n) is 11.7. The Morgan fingerprint density at radius 2 is 1.40 bits per heavy atom. The van der Waals surface area contributed by atoms with E-state index in [2.05, 4.69) is 116 Å². The van der Waals surface area contributed by atoms with Gasteiger partial charge >= 0.3 is 0 Å². The lowest BCUT2D eigenvalue weighted by molar-refractivity contribution is 0.122. The first-order chi connectivity index (χ1) is 26.9. The number of ether oxygens (including phenoxy) is 4. The van der Waals surface area contributed by atoms with E-state index >= 15 is 0 Å². The Hall–Kier alpha value is -6.18. The molecule has 55 heavy (non-hydrogen) atoms. The molecule has 3 aliphatic rings. The van der Waals surface area contributed by atoms with Crippen molar-refractivity contribution in [2.24, 2.45) is 0 Å². The van der Waals surface area contributed by atoms with Crippen LogP contribution < -0.4 is 19.1 Å². The van der Waals surface area contributed by atoms with Gasteiger partial charge < -0.3 is 23.8 Å². The number of morpholine rings is 1. The molecule has 3 heterocycles. The SMILES string of the molecule is COc1cc2c3c(c4c(c2cc1OC)-c1ccccc1C4(C)C)C=CC(c1ccc(N2CCOCC2)cc1)(c1nc(-c2ccccc2)c2ccccc2n1)O3. The molecule has 1 unspecified atom stereocenters. The lowest BCUT2D eigenvalue weighted by atomic mass is 9.77. The third kappa shape index (κ3) is 5.06. The molecular weight excluding hydrogens is 683 g/mol. The highest BCUT2D eigenvalue weighted by Crippen LogP contribution is 2.59. The molecule has 6 aromatic carbocycles. The molecule has 1 fully saturated rings. The quantitative estimate of drug-likeness (QED) is 0.169. The number of rotatable bonds is 6. The van der Waals surface area contributed by atoms with E-state index in [4.69, 9.17) is 28.9 Å². The van der Waals surface area contributed by atoms with E-state index in [-0.39, 0.29) is 5.41 Å². The number of anilines is 1. The summed E-state index contributed by atoms with van der Waals surface area (Å²) in [7, 11) is 3.36. The summed E-state index contributed by atoms with van der Waals surface area (Å²) in [6.07, 6.45) is 4.42. The van der Waals surface area contributed by atoms with Crippen molar-refractivity contribution in [3.05, 3.63) is 149 Å². The van der Waals surface area contributed by atoms with Crippen LogP contribution in [0.2, 0.25) is 0 Å². The normalized spacial score (nSPS) is 18.1. The van der Waals surface area contributed by atoms with Gasteiger partial charge in [0.05, 0.1) is 38.6 Å². The van der Waals surface area contributed by atoms with Crippen molar-refractivity contribution in [3.8, 4) is 39.6 Å². The highest BCUT2D eigenvalue weighted by molar-refractivity contribution is 6.09. The van der Waals surface area contributed by atoms with Crippen LogP contribution in [0, 0.1) is 0 Å². The number of nitrogens with zero attached hydrogens (tertiary/aromatic N) is 3. The zero-order valence-corrected chi connectivity index (χ0v) is 31.4. The van der Waals surface area contributed by atoms with Crippen LogP contribution in [-0.4, -0.2) is 50.5 Å². The lowest BCUT2D eigenvalue weighted by Crippen LogP contribution is -2.38. The number of hydrogen-bond donors (Lipinski definition) is 0. The van der Waals surface area contributed by atoms with Crippen LogP contribution >= 0.6 is 0 Å². The van der Waals surface area contributed by atoms with Crippen molar-refractivity contribution in [2.45, 2.75) is 24.9 Å². The lowest BCUT2D eigenvalue weighted by Gasteiger charge is -2.37. The van der Waals surface area contributed by atoms with Crippen LogP contribution in [0.5, 0.6) is 17.2 Å². The summed E-state index contributed by atoms with van der Waals surface area (Å²) in [5.74, 6) is 2.62. The minimum Gasteiger partial charge on any atom is -0.493 e. The summed E-state index contributed by atoms with van der Waals surface area (Å²) in [6.45, 7) is 7.75. The van der Waals surface area contributed by atoms with Crippen LogP contribution in [0.25, 0.3) is 50.1 Å². The number of benzene rings is 6. The van der Waals surface area contributed by atoms with Crippen molar-refractivity contribution in [3.63, 3.8) is 0 Å². The molecule has 0 saturated carbocycles.